The van der Waals surface area contributed by atoms with Gasteiger partial charge in [0.1, 0.15) is 0 Å². The van der Waals surface area contributed by atoms with Gasteiger partial charge < -0.3 is 10.3 Å². The third-order valence-corrected chi connectivity index (χ3v) is 2.88. The third kappa shape index (κ3) is 1.21. The maximum absolute atomic E-state index is 4.41. The van der Waals surface area contributed by atoms with Gasteiger partial charge in [-0.05, 0) is 37.1 Å². The van der Waals surface area contributed by atoms with Crippen LogP contribution in [0.5, 0.6) is 0 Å². The lowest BCUT2D eigenvalue weighted by Gasteiger charge is -2.09. The van der Waals surface area contributed by atoms with Crippen LogP contribution >= 0.6 is 0 Å². The van der Waals surface area contributed by atoms with E-state index in [1.165, 1.54) is 18.4 Å². The fourth-order valence-electron chi connectivity index (χ4n) is 2.11. The van der Waals surface area contributed by atoms with Crippen molar-refractivity contribution in [3.05, 3.63) is 30.1 Å². The molecule has 3 rings (SSSR count). The van der Waals surface area contributed by atoms with Crippen LogP contribution in [0.4, 0.5) is 0 Å². The molecular formula is C11H13N3. The first-order valence-electron chi connectivity index (χ1n) is 5.10. The predicted molar refractivity (Wildman–Crippen MR) is 56.1 cm³/mol. The van der Waals surface area contributed by atoms with E-state index in [9.17, 15) is 0 Å². The van der Waals surface area contributed by atoms with Crippen LogP contribution < -0.4 is 5.32 Å². The smallest absolute Gasteiger partial charge is 0.0878 e. The number of aromatic nitrogens is 2. The Morgan fingerprint density at radius 1 is 1.43 bits per heavy atom. The van der Waals surface area contributed by atoms with E-state index in [-0.39, 0.29) is 0 Å². The molecule has 3 heteroatoms. The Kier molecular flexibility index (Phi) is 1.77. The van der Waals surface area contributed by atoms with Crippen LogP contribution in [0.15, 0.2) is 24.5 Å². The fourth-order valence-corrected chi connectivity index (χ4v) is 2.11. The van der Waals surface area contributed by atoms with Crippen LogP contribution in [0, 0.1) is 0 Å². The summed E-state index contributed by atoms with van der Waals surface area (Å²) < 4.78 is 0. The molecule has 14 heavy (non-hydrogen) atoms. The highest BCUT2D eigenvalue weighted by Gasteiger charge is 2.16. The van der Waals surface area contributed by atoms with Crippen molar-refractivity contribution >= 4 is 11.0 Å². The number of hydrogen-bond donors (Lipinski definition) is 2. The molecule has 0 amide bonds. The first kappa shape index (κ1) is 8.00. The molecule has 0 radical (unpaired) electrons. The van der Waals surface area contributed by atoms with Crippen LogP contribution in [0.2, 0.25) is 0 Å². The first-order valence-corrected chi connectivity index (χ1v) is 5.10. The summed E-state index contributed by atoms with van der Waals surface area (Å²) in [7, 11) is 0. The molecule has 2 aromatic heterocycles. The first-order chi connectivity index (χ1) is 6.93. The Morgan fingerprint density at radius 3 is 3.29 bits per heavy atom. The topological polar surface area (TPSA) is 40.7 Å². The third-order valence-electron chi connectivity index (χ3n) is 2.88. The lowest BCUT2D eigenvalue weighted by Crippen LogP contribution is -2.12. The molecule has 1 aliphatic rings. The normalized spacial score (nSPS) is 21.9. The van der Waals surface area contributed by atoms with Gasteiger partial charge in [0.2, 0.25) is 0 Å². The second-order valence-electron chi connectivity index (χ2n) is 3.83. The van der Waals surface area contributed by atoms with Crippen LogP contribution in [0.25, 0.3) is 11.0 Å². The zero-order chi connectivity index (χ0) is 9.38. The number of nitrogens with zero attached hydrogens (tertiary/aromatic N) is 1. The number of aromatic amines is 1. The molecule has 0 spiro atoms. The second-order valence-corrected chi connectivity index (χ2v) is 3.83. The summed E-state index contributed by atoms with van der Waals surface area (Å²) in [6.07, 6.45) is 6.42. The van der Waals surface area contributed by atoms with Gasteiger partial charge in [0.15, 0.2) is 0 Å². The molecule has 1 saturated heterocycles. The van der Waals surface area contributed by atoms with Gasteiger partial charge in [0.25, 0.3) is 0 Å². The van der Waals surface area contributed by atoms with Crippen LogP contribution in [0.3, 0.4) is 0 Å². The molecule has 0 aliphatic carbocycles. The predicted octanol–water partition coefficient (Wildman–Crippen LogP) is 1.99. The van der Waals surface area contributed by atoms with Gasteiger partial charge in [-0.15, -0.1) is 0 Å². The van der Waals surface area contributed by atoms with Gasteiger partial charge in [0, 0.05) is 18.4 Å². The van der Waals surface area contributed by atoms with Crippen molar-refractivity contribution in [3.63, 3.8) is 0 Å². The van der Waals surface area contributed by atoms with Crippen molar-refractivity contribution in [2.75, 3.05) is 6.54 Å². The maximum Gasteiger partial charge on any atom is 0.0878 e. The summed E-state index contributed by atoms with van der Waals surface area (Å²) >= 11 is 0. The molecular weight excluding hydrogens is 174 g/mol. The van der Waals surface area contributed by atoms with Gasteiger partial charge in [-0.2, -0.15) is 0 Å². The lowest BCUT2D eigenvalue weighted by atomic mass is 10.1. The quantitative estimate of drug-likeness (QED) is 0.716. The second kappa shape index (κ2) is 3.10. The standard InChI is InChI=1S/C11H13N3/c1-2-9(12-4-1)8-6-11-10(14-7-8)3-5-13-11/h3,5-7,9,12-13H,1-2,4H2. The minimum absolute atomic E-state index is 0.509. The summed E-state index contributed by atoms with van der Waals surface area (Å²) in [6, 6.07) is 4.71. The van der Waals surface area contributed by atoms with Gasteiger partial charge in [-0.3, -0.25) is 4.98 Å². The maximum atomic E-state index is 4.41. The van der Waals surface area contributed by atoms with Crippen LogP contribution in [0.1, 0.15) is 24.4 Å². The zero-order valence-corrected chi connectivity index (χ0v) is 7.96. The van der Waals surface area contributed by atoms with E-state index < -0.39 is 0 Å². The van der Waals surface area contributed by atoms with Crippen molar-refractivity contribution in [3.8, 4) is 0 Å². The van der Waals surface area contributed by atoms with Crippen LogP contribution in [-0.4, -0.2) is 16.5 Å². The Labute approximate surface area is 82.5 Å². The Morgan fingerprint density at radius 2 is 2.43 bits per heavy atom. The van der Waals surface area contributed by atoms with E-state index >= 15 is 0 Å². The van der Waals surface area contributed by atoms with Gasteiger partial charge in [-0.25, -0.2) is 0 Å². The number of hydrogen-bond acceptors (Lipinski definition) is 2. The highest BCUT2D eigenvalue weighted by molar-refractivity contribution is 5.75. The zero-order valence-electron chi connectivity index (χ0n) is 7.96. The lowest BCUT2D eigenvalue weighted by molar-refractivity contribution is 0.646. The summed E-state index contributed by atoms with van der Waals surface area (Å²) in [6.45, 7) is 1.13. The summed E-state index contributed by atoms with van der Waals surface area (Å²) in [5.41, 5.74) is 3.49. The van der Waals surface area contributed by atoms with Gasteiger partial charge in [0.05, 0.1) is 11.0 Å². The molecule has 3 nitrogen and oxygen atoms in total. The van der Waals surface area contributed by atoms with E-state index in [1.807, 2.05) is 18.5 Å². The monoisotopic (exact) mass is 187 g/mol. The van der Waals surface area contributed by atoms with Crippen molar-refractivity contribution in [2.24, 2.45) is 0 Å². The van der Waals surface area contributed by atoms with E-state index in [1.54, 1.807) is 0 Å². The van der Waals surface area contributed by atoms with E-state index in [0.29, 0.717) is 6.04 Å². The fraction of sp³-hybridized carbons (Fsp3) is 0.364. The van der Waals surface area contributed by atoms with E-state index in [2.05, 4.69) is 21.4 Å². The number of nitrogens with one attached hydrogen (secondary N) is 2. The molecule has 1 fully saturated rings. The summed E-state index contributed by atoms with van der Waals surface area (Å²) in [5, 5.41) is 3.48. The Balaban J connectivity index is 2.04. The molecule has 2 aromatic rings. The SMILES string of the molecule is c1cc2ncc(C3CCCN3)cc2[nH]1. The van der Waals surface area contributed by atoms with Gasteiger partial charge in [-0.1, -0.05) is 0 Å². The highest BCUT2D eigenvalue weighted by atomic mass is 14.9. The molecule has 3 heterocycles. The van der Waals surface area contributed by atoms with Crippen molar-refractivity contribution in [1.82, 2.24) is 15.3 Å². The van der Waals surface area contributed by atoms with E-state index in [0.717, 1.165) is 17.6 Å². The molecule has 72 valence electrons. The summed E-state index contributed by atoms with van der Waals surface area (Å²) in [4.78, 5) is 7.61. The summed E-state index contributed by atoms with van der Waals surface area (Å²) in [5.74, 6) is 0. The minimum Gasteiger partial charge on any atom is -0.360 e. The van der Waals surface area contributed by atoms with Gasteiger partial charge >= 0.3 is 0 Å². The minimum atomic E-state index is 0.509. The number of pyridine rings is 1. The van der Waals surface area contributed by atoms with Crippen molar-refractivity contribution < 1.29 is 0 Å². The molecule has 0 saturated carbocycles. The Bertz CT molecular complexity index is 440. The largest absolute Gasteiger partial charge is 0.360 e. The number of rotatable bonds is 1. The molecule has 1 unspecified atom stereocenters. The van der Waals surface area contributed by atoms with Crippen LogP contribution in [-0.2, 0) is 0 Å². The Hall–Kier alpha value is -1.35. The molecule has 0 aromatic carbocycles. The molecule has 1 aliphatic heterocycles. The van der Waals surface area contributed by atoms with Crippen molar-refractivity contribution in [1.29, 1.82) is 0 Å². The highest BCUT2D eigenvalue weighted by Crippen LogP contribution is 2.24. The van der Waals surface area contributed by atoms with E-state index in [4.69, 9.17) is 0 Å². The molecule has 2 N–H and O–H groups in total. The van der Waals surface area contributed by atoms with Crippen molar-refractivity contribution in [2.45, 2.75) is 18.9 Å². The average Bonchev–Trinajstić information content (AvgIpc) is 2.88. The number of fused-ring (bicyclic) bond motifs is 1. The number of H-pyrrole nitrogens is 1. The molecule has 1 atom stereocenters. The average molecular weight is 187 g/mol. The molecule has 0 bridgehead atoms.